The molecule has 0 bridgehead atoms. The van der Waals surface area contributed by atoms with Gasteiger partial charge in [0.25, 0.3) is 0 Å². The predicted octanol–water partition coefficient (Wildman–Crippen LogP) is 4.97. The van der Waals surface area contributed by atoms with Crippen LogP contribution in [0.5, 0.6) is 11.5 Å². The van der Waals surface area contributed by atoms with Crippen LogP contribution in [0.15, 0.2) is 50.4 Å². The summed E-state index contributed by atoms with van der Waals surface area (Å²) in [7, 11) is 0. The van der Waals surface area contributed by atoms with Crippen LogP contribution in [-0.4, -0.2) is 25.3 Å². The van der Waals surface area contributed by atoms with Crippen LogP contribution in [-0.2, 0) is 0 Å². The Morgan fingerprint density at radius 3 is 2.90 bits per heavy atom. The molecular weight excluding hydrogens is 551 g/mol. The number of furan rings is 1. The summed E-state index contributed by atoms with van der Waals surface area (Å²) in [6.45, 7) is 2.66. The quantitative estimate of drug-likeness (QED) is 0.190. The minimum atomic E-state index is -0.446. The molecule has 0 saturated heterocycles. The van der Waals surface area contributed by atoms with Crippen molar-refractivity contribution in [1.82, 2.24) is 5.43 Å². The minimum absolute atomic E-state index is 0.166. The summed E-state index contributed by atoms with van der Waals surface area (Å²) in [5, 5.41) is 4.79. The van der Waals surface area contributed by atoms with Crippen molar-refractivity contribution in [3.8, 4) is 23.8 Å². The summed E-state index contributed by atoms with van der Waals surface area (Å²) < 4.78 is 18.1. The van der Waals surface area contributed by atoms with Crippen molar-refractivity contribution in [2.45, 2.75) is 6.92 Å². The van der Waals surface area contributed by atoms with E-state index >= 15 is 0 Å². The van der Waals surface area contributed by atoms with Crippen molar-refractivity contribution in [2.24, 2.45) is 5.10 Å². The highest BCUT2D eigenvalue weighted by Gasteiger charge is 2.12. The van der Waals surface area contributed by atoms with Gasteiger partial charge in [-0.2, -0.15) is 5.10 Å². The van der Waals surface area contributed by atoms with E-state index in [-0.39, 0.29) is 12.4 Å². The molecule has 1 aromatic heterocycles. The second-order valence-electron chi connectivity index (χ2n) is 5.75. The Bertz CT molecular complexity index is 1090. The number of benzene rings is 2. The molecule has 1 N–H and O–H groups in total. The van der Waals surface area contributed by atoms with Gasteiger partial charge in [0.2, 0.25) is 0 Å². The average molecular weight is 567 g/mol. The summed E-state index contributed by atoms with van der Waals surface area (Å²) in [6, 6.07) is 10.7. The first-order valence-corrected chi connectivity index (χ1v) is 10.4. The van der Waals surface area contributed by atoms with E-state index in [1.54, 1.807) is 18.2 Å². The lowest BCUT2D eigenvalue weighted by Gasteiger charge is -2.08. The Morgan fingerprint density at radius 2 is 2.17 bits per heavy atom. The zero-order chi connectivity index (χ0) is 20.8. The minimum Gasteiger partial charge on any atom is -0.494 e. The van der Waals surface area contributed by atoms with Crippen LogP contribution in [0.25, 0.3) is 11.0 Å². The van der Waals surface area contributed by atoms with E-state index < -0.39 is 5.91 Å². The van der Waals surface area contributed by atoms with Gasteiger partial charge in [-0.15, -0.1) is 6.42 Å². The van der Waals surface area contributed by atoms with Crippen molar-refractivity contribution >= 4 is 61.6 Å². The molecular formula is C21H16BrIN2O4. The number of ether oxygens (including phenoxy) is 2. The van der Waals surface area contributed by atoms with Crippen LogP contribution in [0.2, 0.25) is 0 Å². The SMILES string of the molecule is C#CCOc1c(Br)cc(/C=N/NC(=O)c2cc3cc(OCC)ccc3o2)cc1I. The van der Waals surface area contributed by atoms with E-state index in [0.29, 0.717) is 17.9 Å². The molecule has 29 heavy (non-hydrogen) atoms. The number of nitrogens with zero attached hydrogens (tertiary/aromatic N) is 1. The number of rotatable bonds is 7. The maximum Gasteiger partial charge on any atom is 0.307 e. The van der Waals surface area contributed by atoms with Crippen LogP contribution >= 0.6 is 38.5 Å². The average Bonchev–Trinajstić information content (AvgIpc) is 3.11. The number of amides is 1. The third-order valence-corrected chi connectivity index (χ3v) is 5.11. The highest BCUT2D eigenvalue weighted by Crippen LogP contribution is 2.31. The van der Waals surface area contributed by atoms with Gasteiger partial charge in [0.15, 0.2) is 5.76 Å². The standard InChI is InChI=1S/C21H16BrIN2O4/c1-3-7-28-20-16(22)8-13(9-17(20)23)12-24-25-21(26)19-11-14-10-15(27-4-2)5-6-18(14)29-19/h1,5-6,8-12H,4,7H2,2H3,(H,25,26)/b24-12+. The third kappa shape index (κ3) is 5.31. The zero-order valence-electron chi connectivity index (χ0n) is 15.4. The molecule has 0 saturated carbocycles. The Morgan fingerprint density at radius 1 is 1.34 bits per heavy atom. The molecule has 0 radical (unpaired) electrons. The van der Waals surface area contributed by atoms with Crippen molar-refractivity contribution in [1.29, 1.82) is 0 Å². The summed E-state index contributed by atoms with van der Waals surface area (Å²) in [5.74, 6) is 3.54. The molecule has 0 aliphatic heterocycles. The van der Waals surface area contributed by atoms with Crippen LogP contribution < -0.4 is 14.9 Å². The molecule has 0 unspecified atom stereocenters. The molecule has 1 amide bonds. The molecule has 2 aromatic carbocycles. The van der Waals surface area contributed by atoms with Gasteiger partial charge in [-0.25, -0.2) is 5.43 Å². The van der Waals surface area contributed by atoms with Crippen molar-refractivity contribution < 1.29 is 18.7 Å². The predicted molar refractivity (Wildman–Crippen MR) is 124 cm³/mol. The molecule has 8 heteroatoms. The van der Waals surface area contributed by atoms with Gasteiger partial charge in [-0.05, 0) is 87.4 Å². The van der Waals surface area contributed by atoms with Gasteiger partial charge in [-0.3, -0.25) is 4.79 Å². The fourth-order valence-electron chi connectivity index (χ4n) is 2.52. The van der Waals surface area contributed by atoms with Gasteiger partial charge in [0.05, 0.1) is 20.9 Å². The van der Waals surface area contributed by atoms with Crippen molar-refractivity contribution in [3.05, 3.63) is 55.8 Å². The van der Waals surface area contributed by atoms with E-state index in [2.05, 4.69) is 55.0 Å². The number of carbonyl (C=O) groups excluding carboxylic acids is 1. The Balaban J connectivity index is 1.69. The second kappa shape index (κ2) is 9.80. The second-order valence-corrected chi connectivity index (χ2v) is 7.77. The Labute approximate surface area is 189 Å². The van der Waals surface area contributed by atoms with E-state index in [4.69, 9.17) is 20.3 Å². The summed E-state index contributed by atoms with van der Waals surface area (Å²) in [6.07, 6.45) is 6.76. The lowest BCUT2D eigenvalue weighted by molar-refractivity contribution is 0.0929. The van der Waals surface area contributed by atoms with Crippen LogP contribution in [0.4, 0.5) is 0 Å². The van der Waals surface area contributed by atoms with Gasteiger partial charge in [-0.1, -0.05) is 5.92 Å². The molecule has 0 aliphatic carbocycles. The van der Waals surface area contributed by atoms with E-state index in [1.807, 2.05) is 25.1 Å². The fourth-order valence-corrected chi connectivity index (χ4v) is 4.28. The molecule has 3 aromatic rings. The summed E-state index contributed by atoms with van der Waals surface area (Å²) in [4.78, 5) is 12.3. The molecule has 0 aliphatic rings. The first-order chi connectivity index (χ1) is 14.0. The molecule has 0 spiro atoms. The number of carbonyl (C=O) groups is 1. The van der Waals surface area contributed by atoms with E-state index in [1.165, 1.54) is 6.21 Å². The Kier molecular flexibility index (Phi) is 7.17. The van der Waals surface area contributed by atoms with Gasteiger partial charge >= 0.3 is 5.91 Å². The topological polar surface area (TPSA) is 73.1 Å². The Hall–Kier alpha value is -2.51. The number of terminal acetylenes is 1. The van der Waals surface area contributed by atoms with Crippen molar-refractivity contribution in [3.63, 3.8) is 0 Å². The molecule has 6 nitrogen and oxygen atoms in total. The monoisotopic (exact) mass is 566 g/mol. The number of halogens is 2. The molecule has 0 atom stereocenters. The number of nitrogens with one attached hydrogen (secondary N) is 1. The molecule has 148 valence electrons. The highest BCUT2D eigenvalue weighted by atomic mass is 127. The fraction of sp³-hybridized carbons (Fsp3) is 0.143. The van der Waals surface area contributed by atoms with Gasteiger partial charge in [0.1, 0.15) is 23.7 Å². The third-order valence-electron chi connectivity index (χ3n) is 3.72. The maximum atomic E-state index is 12.3. The summed E-state index contributed by atoms with van der Waals surface area (Å²) in [5.41, 5.74) is 3.84. The lowest BCUT2D eigenvalue weighted by Crippen LogP contribution is -2.16. The number of hydrazone groups is 1. The van der Waals surface area contributed by atoms with Crippen LogP contribution in [0.1, 0.15) is 23.0 Å². The first kappa shape index (κ1) is 21.2. The van der Waals surface area contributed by atoms with Crippen LogP contribution in [0, 0.1) is 15.9 Å². The highest BCUT2D eigenvalue weighted by molar-refractivity contribution is 14.1. The number of hydrogen-bond donors (Lipinski definition) is 1. The number of hydrogen-bond acceptors (Lipinski definition) is 5. The normalized spacial score (nSPS) is 10.8. The van der Waals surface area contributed by atoms with Crippen LogP contribution in [0.3, 0.4) is 0 Å². The van der Waals surface area contributed by atoms with E-state index in [9.17, 15) is 4.79 Å². The largest absolute Gasteiger partial charge is 0.494 e. The van der Waals surface area contributed by atoms with Gasteiger partial charge in [0, 0.05) is 5.39 Å². The zero-order valence-corrected chi connectivity index (χ0v) is 19.1. The lowest BCUT2D eigenvalue weighted by atomic mass is 10.2. The molecule has 1 heterocycles. The van der Waals surface area contributed by atoms with Gasteiger partial charge < -0.3 is 13.9 Å². The first-order valence-electron chi connectivity index (χ1n) is 8.57. The molecule has 3 rings (SSSR count). The maximum absolute atomic E-state index is 12.3. The number of fused-ring (bicyclic) bond motifs is 1. The van der Waals surface area contributed by atoms with Crippen molar-refractivity contribution in [2.75, 3.05) is 13.2 Å². The van der Waals surface area contributed by atoms with E-state index in [0.717, 1.165) is 24.7 Å². The molecule has 0 fully saturated rings. The smallest absolute Gasteiger partial charge is 0.307 e. The summed E-state index contributed by atoms with van der Waals surface area (Å²) >= 11 is 5.59.